The van der Waals surface area contributed by atoms with Crippen LogP contribution < -0.4 is 4.74 Å². The van der Waals surface area contributed by atoms with Crippen LogP contribution in [0.4, 0.5) is 0 Å². The highest BCUT2D eigenvalue weighted by molar-refractivity contribution is 5.96. The third-order valence-corrected chi connectivity index (χ3v) is 6.63. The molecule has 0 N–H and O–H groups in total. The van der Waals surface area contributed by atoms with Crippen molar-refractivity contribution in [3.63, 3.8) is 0 Å². The molecule has 1 saturated heterocycles. The molecule has 3 heterocycles. The van der Waals surface area contributed by atoms with E-state index in [4.69, 9.17) is 9.72 Å². The normalized spacial score (nSPS) is 17.5. The summed E-state index contributed by atoms with van der Waals surface area (Å²) in [6.45, 7) is 4.42. The smallest absolute Gasteiger partial charge is 0.259 e. The maximum atomic E-state index is 13.4. The number of hydrogen-bond acceptors (Lipinski definition) is 6. The van der Waals surface area contributed by atoms with Crippen molar-refractivity contribution in [2.24, 2.45) is 0 Å². The number of piperazine rings is 1. The Labute approximate surface area is 201 Å². The van der Waals surface area contributed by atoms with Crippen molar-refractivity contribution in [3.05, 3.63) is 77.9 Å². The largest absolute Gasteiger partial charge is 0.493 e. The molecule has 1 aliphatic heterocycles. The van der Waals surface area contributed by atoms with E-state index in [1.165, 1.54) is 16.7 Å². The number of nitrogens with zero attached hydrogens (tertiary/aromatic N) is 5. The summed E-state index contributed by atoms with van der Waals surface area (Å²) in [5.41, 5.74) is 5.44. The number of rotatable bonds is 7. The van der Waals surface area contributed by atoms with E-state index in [-0.39, 0.29) is 11.9 Å². The lowest BCUT2D eigenvalue weighted by Crippen LogP contribution is -2.49. The van der Waals surface area contributed by atoms with Gasteiger partial charge in [-0.05, 0) is 43.8 Å². The van der Waals surface area contributed by atoms with E-state index in [9.17, 15) is 4.79 Å². The molecule has 0 radical (unpaired) electrons. The zero-order valence-corrected chi connectivity index (χ0v) is 19.9. The van der Waals surface area contributed by atoms with Crippen LogP contribution in [0.15, 0.2) is 61.1 Å². The molecule has 7 nitrogen and oxygen atoms in total. The van der Waals surface area contributed by atoms with E-state index < -0.39 is 0 Å². The molecule has 1 unspecified atom stereocenters. The van der Waals surface area contributed by atoms with Gasteiger partial charge < -0.3 is 14.5 Å². The topological polar surface area (TPSA) is 61.8 Å². The van der Waals surface area contributed by atoms with Gasteiger partial charge in [-0.1, -0.05) is 30.3 Å². The minimum atomic E-state index is -0.0132. The second-order valence-corrected chi connectivity index (χ2v) is 9.13. The van der Waals surface area contributed by atoms with Gasteiger partial charge in [0.15, 0.2) is 0 Å². The van der Waals surface area contributed by atoms with E-state index in [0.29, 0.717) is 31.0 Å². The van der Waals surface area contributed by atoms with Crippen LogP contribution in [-0.2, 0) is 0 Å². The summed E-state index contributed by atoms with van der Waals surface area (Å²) in [6, 6.07) is 14.7. The number of fused-ring (bicyclic) bond motifs is 3. The molecule has 3 aromatic rings. The van der Waals surface area contributed by atoms with E-state index in [1.807, 2.05) is 31.3 Å². The third-order valence-electron chi connectivity index (χ3n) is 6.63. The molecule has 1 amide bonds. The van der Waals surface area contributed by atoms with Gasteiger partial charge in [-0.2, -0.15) is 0 Å². The summed E-state index contributed by atoms with van der Waals surface area (Å²) in [7, 11) is 4.08. The average molecular weight is 458 g/mol. The Morgan fingerprint density at radius 2 is 1.82 bits per heavy atom. The second-order valence-electron chi connectivity index (χ2n) is 9.13. The number of benzene rings is 1. The maximum Gasteiger partial charge on any atom is 0.259 e. The monoisotopic (exact) mass is 457 g/mol. The molecule has 34 heavy (non-hydrogen) atoms. The van der Waals surface area contributed by atoms with Crippen molar-refractivity contribution in [2.75, 3.05) is 53.4 Å². The number of carbonyl (C=O) groups is 1. The van der Waals surface area contributed by atoms with Crippen molar-refractivity contribution in [1.29, 1.82) is 0 Å². The van der Waals surface area contributed by atoms with Crippen LogP contribution in [0, 0.1) is 0 Å². The highest BCUT2D eigenvalue weighted by atomic mass is 16.5. The Bertz CT molecular complexity index is 1110. The van der Waals surface area contributed by atoms with Gasteiger partial charge in [-0.25, -0.2) is 0 Å². The molecular weight excluding hydrogens is 426 g/mol. The first-order valence-corrected chi connectivity index (χ1v) is 11.9. The molecule has 5 rings (SSSR count). The van der Waals surface area contributed by atoms with E-state index in [0.717, 1.165) is 31.7 Å². The summed E-state index contributed by atoms with van der Waals surface area (Å²) in [5, 5.41) is 0. The van der Waals surface area contributed by atoms with Crippen molar-refractivity contribution >= 4 is 5.91 Å². The number of hydrogen-bond donors (Lipinski definition) is 0. The Morgan fingerprint density at radius 3 is 2.65 bits per heavy atom. The SMILES string of the molecule is CN(C)CCCOc1ccncc1C(=O)N1CCN(C2c3ccccc3-c3cccnc32)CC1. The summed E-state index contributed by atoms with van der Waals surface area (Å²) in [5.74, 6) is 0.602. The van der Waals surface area contributed by atoms with Crippen molar-refractivity contribution in [1.82, 2.24) is 24.7 Å². The molecule has 1 fully saturated rings. The van der Waals surface area contributed by atoms with Crippen LogP contribution in [0.1, 0.15) is 34.1 Å². The standard InChI is InChI=1S/C27H31N5O2/c1-30(2)13-6-18-34-24-10-12-28-19-23(24)27(33)32-16-14-31(15-17-32)26-22-8-4-3-7-20(22)21-9-5-11-29-25(21)26/h3-5,7-12,19,26H,6,13-18H2,1-2H3. The van der Waals surface area contributed by atoms with Crippen molar-refractivity contribution in [2.45, 2.75) is 12.5 Å². The number of aromatic nitrogens is 2. The molecule has 0 saturated carbocycles. The quantitative estimate of drug-likeness (QED) is 0.507. The van der Waals surface area contributed by atoms with Crippen molar-refractivity contribution < 1.29 is 9.53 Å². The molecule has 1 atom stereocenters. The maximum absolute atomic E-state index is 13.4. The van der Waals surface area contributed by atoms with E-state index >= 15 is 0 Å². The van der Waals surface area contributed by atoms with Gasteiger partial charge in [-0.3, -0.25) is 19.7 Å². The second kappa shape index (κ2) is 9.91. The molecule has 0 bridgehead atoms. The first kappa shape index (κ1) is 22.5. The van der Waals surface area contributed by atoms with Crippen LogP contribution in [0.5, 0.6) is 5.75 Å². The lowest BCUT2D eigenvalue weighted by Gasteiger charge is -2.38. The zero-order valence-electron chi connectivity index (χ0n) is 19.9. The zero-order chi connectivity index (χ0) is 23.5. The highest BCUT2D eigenvalue weighted by Gasteiger charge is 2.36. The molecule has 0 spiro atoms. The fourth-order valence-corrected chi connectivity index (χ4v) is 4.95. The lowest BCUT2D eigenvalue weighted by molar-refractivity contribution is 0.0593. The van der Waals surface area contributed by atoms with Crippen LogP contribution in [-0.4, -0.2) is 84.0 Å². The molecule has 1 aliphatic carbocycles. The van der Waals surface area contributed by atoms with E-state index in [1.54, 1.807) is 18.5 Å². The Balaban J connectivity index is 1.27. The van der Waals surface area contributed by atoms with Gasteiger partial charge in [0.2, 0.25) is 0 Å². The van der Waals surface area contributed by atoms with Crippen LogP contribution >= 0.6 is 0 Å². The van der Waals surface area contributed by atoms with Crippen molar-refractivity contribution in [3.8, 4) is 16.9 Å². The average Bonchev–Trinajstić information content (AvgIpc) is 3.21. The molecule has 2 aliphatic rings. The first-order valence-electron chi connectivity index (χ1n) is 11.9. The van der Waals surface area contributed by atoms with Crippen LogP contribution in [0.25, 0.3) is 11.1 Å². The van der Waals surface area contributed by atoms with Crippen LogP contribution in [0.3, 0.4) is 0 Å². The number of pyridine rings is 2. The van der Waals surface area contributed by atoms with Gasteiger partial charge in [-0.15, -0.1) is 0 Å². The molecule has 176 valence electrons. The Hall–Kier alpha value is -3.29. The summed E-state index contributed by atoms with van der Waals surface area (Å²) < 4.78 is 5.95. The third kappa shape index (κ3) is 4.41. The Kier molecular flexibility index (Phi) is 6.56. The molecule has 7 heteroatoms. The fourth-order valence-electron chi connectivity index (χ4n) is 4.95. The predicted octanol–water partition coefficient (Wildman–Crippen LogP) is 3.33. The molecule has 2 aromatic heterocycles. The van der Waals surface area contributed by atoms with Gasteiger partial charge >= 0.3 is 0 Å². The van der Waals surface area contributed by atoms with Gasteiger partial charge in [0.25, 0.3) is 5.91 Å². The summed E-state index contributed by atoms with van der Waals surface area (Å²) >= 11 is 0. The summed E-state index contributed by atoms with van der Waals surface area (Å²) in [6.07, 6.45) is 6.08. The minimum Gasteiger partial charge on any atom is -0.493 e. The lowest BCUT2D eigenvalue weighted by atomic mass is 10.0. The van der Waals surface area contributed by atoms with Crippen LogP contribution in [0.2, 0.25) is 0 Å². The molecular formula is C27H31N5O2. The van der Waals surface area contributed by atoms with Gasteiger partial charge in [0.05, 0.1) is 23.9 Å². The molecule has 1 aromatic carbocycles. The first-order chi connectivity index (χ1) is 16.6. The van der Waals surface area contributed by atoms with E-state index in [2.05, 4.69) is 45.1 Å². The summed E-state index contributed by atoms with van der Waals surface area (Å²) in [4.78, 5) is 28.8. The highest BCUT2D eigenvalue weighted by Crippen LogP contribution is 2.45. The number of ether oxygens (including phenoxy) is 1. The predicted molar refractivity (Wildman–Crippen MR) is 132 cm³/mol. The Morgan fingerprint density at radius 1 is 1.03 bits per heavy atom. The van der Waals surface area contributed by atoms with Gasteiger partial charge in [0.1, 0.15) is 5.75 Å². The fraction of sp³-hybridized carbons (Fsp3) is 0.370. The number of carbonyl (C=O) groups excluding carboxylic acids is 1. The van der Waals surface area contributed by atoms with Gasteiger partial charge in [0, 0.05) is 56.9 Å². The number of amides is 1. The minimum absolute atomic E-state index is 0.0132.